The third-order valence-electron chi connectivity index (χ3n) is 4.58. The standard InChI is InChI=1S/C25H17N5O/c26-16-19(15-18-11-13-22(14-12-18)31-21-9-5-2-6-10-21)24-23(17-27)25(28)30(29-24)20-7-3-1-4-8-20/h1-15H,28H2/b19-15+. The molecule has 6 nitrogen and oxygen atoms in total. The van der Waals surface area contributed by atoms with Crippen molar-refractivity contribution in [3.63, 3.8) is 0 Å². The number of allylic oxidation sites excluding steroid dienone is 1. The van der Waals surface area contributed by atoms with Crippen molar-refractivity contribution in [3.8, 4) is 29.3 Å². The van der Waals surface area contributed by atoms with Gasteiger partial charge in [-0.15, -0.1) is 0 Å². The van der Waals surface area contributed by atoms with Crippen molar-refractivity contribution in [2.24, 2.45) is 0 Å². The van der Waals surface area contributed by atoms with Gasteiger partial charge in [0.25, 0.3) is 0 Å². The van der Waals surface area contributed by atoms with Gasteiger partial charge in [-0.3, -0.25) is 0 Å². The van der Waals surface area contributed by atoms with Gasteiger partial charge in [0.2, 0.25) is 0 Å². The predicted octanol–water partition coefficient (Wildman–Crippen LogP) is 5.18. The van der Waals surface area contributed by atoms with E-state index in [0.717, 1.165) is 11.3 Å². The predicted molar refractivity (Wildman–Crippen MR) is 119 cm³/mol. The van der Waals surface area contributed by atoms with Crippen molar-refractivity contribution in [2.75, 3.05) is 5.73 Å². The van der Waals surface area contributed by atoms with Crippen LogP contribution in [0, 0.1) is 22.7 Å². The molecule has 0 aliphatic rings. The first kappa shape index (κ1) is 19.5. The Morgan fingerprint density at radius 3 is 2.10 bits per heavy atom. The summed E-state index contributed by atoms with van der Waals surface area (Å²) >= 11 is 0. The molecule has 0 aliphatic carbocycles. The molecule has 0 bridgehead atoms. The lowest BCUT2D eigenvalue weighted by Gasteiger charge is -2.05. The fraction of sp³-hybridized carbons (Fsp3) is 0. The minimum atomic E-state index is 0.167. The zero-order valence-electron chi connectivity index (χ0n) is 16.4. The van der Waals surface area contributed by atoms with Crippen molar-refractivity contribution in [1.29, 1.82) is 10.5 Å². The Balaban J connectivity index is 1.66. The molecule has 0 atom stereocenters. The van der Waals surface area contributed by atoms with E-state index in [4.69, 9.17) is 10.5 Å². The summed E-state index contributed by atoms with van der Waals surface area (Å²) in [5.41, 5.74) is 8.29. The van der Waals surface area contributed by atoms with E-state index in [2.05, 4.69) is 17.2 Å². The Morgan fingerprint density at radius 2 is 1.48 bits per heavy atom. The molecule has 4 aromatic rings. The monoisotopic (exact) mass is 403 g/mol. The van der Waals surface area contributed by atoms with Crippen LogP contribution in [-0.2, 0) is 0 Å². The van der Waals surface area contributed by atoms with E-state index >= 15 is 0 Å². The number of nitrogen functional groups attached to an aromatic ring is 1. The molecule has 0 fully saturated rings. The van der Waals surface area contributed by atoms with Crippen LogP contribution in [0.1, 0.15) is 16.8 Å². The maximum absolute atomic E-state index is 9.74. The van der Waals surface area contributed by atoms with Crippen molar-refractivity contribution in [3.05, 3.63) is 102 Å². The van der Waals surface area contributed by atoms with Crippen LogP contribution in [-0.4, -0.2) is 9.78 Å². The molecule has 31 heavy (non-hydrogen) atoms. The average Bonchev–Trinajstić information content (AvgIpc) is 3.15. The number of aromatic nitrogens is 2. The highest BCUT2D eigenvalue weighted by Crippen LogP contribution is 2.28. The van der Waals surface area contributed by atoms with E-state index in [1.54, 1.807) is 6.08 Å². The van der Waals surface area contributed by atoms with Crippen LogP contribution in [0.25, 0.3) is 17.3 Å². The highest BCUT2D eigenvalue weighted by atomic mass is 16.5. The normalized spacial score (nSPS) is 10.8. The van der Waals surface area contributed by atoms with Gasteiger partial charge in [-0.2, -0.15) is 15.6 Å². The molecule has 0 saturated carbocycles. The third kappa shape index (κ3) is 4.14. The Kier molecular flexibility index (Phi) is 5.47. The maximum atomic E-state index is 9.74. The molecule has 0 aliphatic heterocycles. The first-order valence-corrected chi connectivity index (χ1v) is 9.49. The summed E-state index contributed by atoms with van der Waals surface area (Å²) in [5, 5.41) is 23.8. The summed E-state index contributed by atoms with van der Waals surface area (Å²) in [6, 6.07) is 30.2. The van der Waals surface area contributed by atoms with Gasteiger partial charge in [-0.25, -0.2) is 4.68 Å². The molecule has 0 unspecified atom stereocenters. The highest BCUT2D eigenvalue weighted by molar-refractivity contribution is 5.91. The van der Waals surface area contributed by atoms with Gasteiger partial charge >= 0.3 is 0 Å². The third-order valence-corrected chi connectivity index (χ3v) is 4.58. The summed E-state index contributed by atoms with van der Waals surface area (Å²) in [6.07, 6.45) is 1.67. The summed E-state index contributed by atoms with van der Waals surface area (Å²) in [5.74, 6) is 1.61. The lowest BCUT2D eigenvalue weighted by Crippen LogP contribution is -2.02. The number of hydrogen-bond acceptors (Lipinski definition) is 5. The molecule has 1 aromatic heterocycles. The van der Waals surface area contributed by atoms with Crippen LogP contribution in [0.3, 0.4) is 0 Å². The van der Waals surface area contributed by atoms with Gasteiger partial charge in [0.05, 0.1) is 11.3 Å². The second-order valence-corrected chi connectivity index (χ2v) is 6.62. The number of rotatable bonds is 5. The molecule has 0 amide bonds. The molecule has 6 heteroatoms. The molecular formula is C25H17N5O. The number of hydrogen-bond donors (Lipinski definition) is 1. The quantitative estimate of drug-likeness (QED) is 0.463. The van der Waals surface area contributed by atoms with E-state index in [-0.39, 0.29) is 22.6 Å². The molecular weight excluding hydrogens is 386 g/mol. The first-order valence-electron chi connectivity index (χ1n) is 9.49. The molecule has 1 heterocycles. The fourth-order valence-electron chi connectivity index (χ4n) is 3.07. The number of benzene rings is 3. The maximum Gasteiger partial charge on any atom is 0.145 e. The number of para-hydroxylation sites is 2. The topological polar surface area (TPSA) is 101 Å². The number of nitriles is 2. The molecule has 0 saturated heterocycles. The van der Waals surface area contributed by atoms with E-state index in [1.165, 1.54) is 4.68 Å². The largest absolute Gasteiger partial charge is 0.457 e. The molecule has 148 valence electrons. The number of ether oxygens (including phenoxy) is 1. The summed E-state index contributed by atoms with van der Waals surface area (Å²) in [6.45, 7) is 0. The summed E-state index contributed by atoms with van der Waals surface area (Å²) < 4.78 is 7.26. The Bertz CT molecular complexity index is 1310. The SMILES string of the molecule is N#C/C(=C\c1ccc(Oc2ccccc2)cc1)c1nn(-c2ccccc2)c(N)c1C#N. The van der Waals surface area contributed by atoms with Crippen molar-refractivity contribution >= 4 is 17.5 Å². The Hall–Kier alpha value is -4.81. The van der Waals surface area contributed by atoms with Gasteiger partial charge in [0.15, 0.2) is 0 Å². The lowest BCUT2D eigenvalue weighted by molar-refractivity contribution is 0.482. The van der Waals surface area contributed by atoms with Crippen molar-refractivity contribution in [1.82, 2.24) is 9.78 Å². The molecule has 0 radical (unpaired) electrons. The van der Waals surface area contributed by atoms with E-state index in [9.17, 15) is 10.5 Å². The smallest absolute Gasteiger partial charge is 0.145 e. The average molecular weight is 403 g/mol. The molecule has 2 N–H and O–H groups in total. The van der Waals surface area contributed by atoms with Crippen LogP contribution in [0.4, 0.5) is 5.82 Å². The first-order chi connectivity index (χ1) is 15.2. The number of nitrogens with two attached hydrogens (primary N) is 1. The summed E-state index contributed by atoms with van der Waals surface area (Å²) in [7, 11) is 0. The van der Waals surface area contributed by atoms with Crippen molar-refractivity contribution < 1.29 is 4.74 Å². The molecule has 4 rings (SSSR count). The van der Waals surface area contributed by atoms with Crippen LogP contribution in [0.5, 0.6) is 11.5 Å². The van der Waals surface area contributed by atoms with Crippen LogP contribution < -0.4 is 10.5 Å². The van der Waals surface area contributed by atoms with Crippen LogP contribution in [0.15, 0.2) is 84.9 Å². The second kappa shape index (κ2) is 8.69. The molecule has 0 spiro atoms. The lowest BCUT2D eigenvalue weighted by atomic mass is 10.1. The van der Waals surface area contributed by atoms with Gasteiger partial charge in [0.1, 0.15) is 40.7 Å². The van der Waals surface area contributed by atoms with Crippen molar-refractivity contribution in [2.45, 2.75) is 0 Å². The van der Waals surface area contributed by atoms with E-state index in [1.807, 2.05) is 84.9 Å². The van der Waals surface area contributed by atoms with E-state index < -0.39 is 0 Å². The number of nitrogens with zero attached hydrogens (tertiary/aromatic N) is 4. The van der Waals surface area contributed by atoms with Gasteiger partial charge < -0.3 is 10.5 Å². The van der Waals surface area contributed by atoms with Gasteiger partial charge in [-0.1, -0.05) is 48.5 Å². The fourth-order valence-corrected chi connectivity index (χ4v) is 3.07. The molecule has 3 aromatic carbocycles. The minimum Gasteiger partial charge on any atom is -0.457 e. The Labute approximate surface area is 179 Å². The van der Waals surface area contributed by atoms with Crippen LogP contribution in [0.2, 0.25) is 0 Å². The summed E-state index contributed by atoms with van der Waals surface area (Å²) in [4.78, 5) is 0. The number of anilines is 1. The van der Waals surface area contributed by atoms with Crippen LogP contribution >= 0.6 is 0 Å². The minimum absolute atomic E-state index is 0.167. The Morgan fingerprint density at radius 1 is 0.871 bits per heavy atom. The zero-order valence-corrected chi connectivity index (χ0v) is 16.4. The van der Waals surface area contributed by atoms with Gasteiger partial charge in [0, 0.05) is 0 Å². The second-order valence-electron chi connectivity index (χ2n) is 6.62. The zero-order chi connectivity index (χ0) is 21.6. The van der Waals surface area contributed by atoms with Gasteiger partial charge in [-0.05, 0) is 48.0 Å². The van der Waals surface area contributed by atoms with E-state index in [0.29, 0.717) is 11.4 Å². The highest BCUT2D eigenvalue weighted by Gasteiger charge is 2.19.